The van der Waals surface area contributed by atoms with Crippen LogP contribution in [0.4, 0.5) is 5.69 Å². The number of anilines is 1. The summed E-state index contributed by atoms with van der Waals surface area (Å²) in [6.45, 7) is 7.78. The minimum absolute atomic E-state index is 0.00159. The summed E-state index contributed by atoms with van der Waals surface area (Å²) in [7, 11) is -4.13. The number of amides is 2. The van der Waals surface area contributed by atoms with Crippen LogP contribution in [-0.2, 0) is 26.2 Å². The summed E-state index contributed by atoms with van der Waals surface area (Å²) in [4.78, 5) is 28.8. The van der Waals surface area contributed by atoms with Crippen LogP contribution < -0.4 is 9.62 Å². The van der Waals surface area contributed by atoms with Crippen LogP contribution in [0.3, 0.4) is 0 Å². The normalized spacial score (nSPS) is 12.2. The van der Waals surface area contributed by atoms with Crippen LogP contribution in [-0.4, -0.2) is 44.3 Å². The predicted molar refractivity (Wildman–Crippen MR) is 166 cm³/mol. The Hall–Kier alpha value is -3.07. The van der Waals surface area contributed by atoms with Gasteiger partial charge in [-0.25, -0.2) is 8.42 Å². The van der Waals surface area contributed by atoms with Gasteiger partial charge in [0.25, 0.3) is 10.0 Å². The molecular formula is C31H37Cl2N3O4S. The first-order valence-electron chi connectivity index (χ1n) is 13.7. The van der Waals surface area contributed by atoms with Crippen molar-refractivity contribution in [3.05, 3.63) is 94.0 Å². The molecule has 1 unspecified atom stereocenters. The van der Waals surface area contributed by atoms with Crippen molar-refractivity contribution in [1.29, 1.82) is 0 Å². The van der Waals surface area contributed by atoms with Crippen LogP contribution in [0.2, 0.25) is 10.0 Å². The number of halogens is 2. The van der Waals surface area contributed by atoms with Gasteiger partial charge in [-0.2, -0.15) is 0 Å². The van der Waals surface area contributed by atoms with E-state index in [9.17, 15) is 18.0 Å². The lowest BCUT2D eigenvalue weighted by Gasteiger charge is -2.33. The molecule has 1 N–H and O–H groups in total. The fraction of sp³-hybridized carbons (Fsp3) is 0.355. The molecule has 0 radical (unpaired) electrons. The number of carbonyl (C=O) groups excluding carboxylic acids is 2. The van der Waals surface area contributed by atoms with Crippen LogP contribution >= 0.6 is 23.2 Å². The van der Waals surface area contributed by atoms with E-state index in [1.54, 1.807) is 48.5 Å². The maximum Gasteiger partial charge on any atom is 0.264 e. The molecule has 3 aromatic carbocycles. The molecule has 7 nitrogen and oxygen atoms in total. The van der Waals surface area contributed by atoms with E-state index in [1.807, 2.05) is 39.8 Å². The van der Waals surface area contributed by atoms with Gasteiger partial charge < -0.3 is 10.2 Å². The molecule has 220 valence electrons. The third kappa shape index (κ3) is 8.24. The van der Waals surface area contributed by atoms with Crippen molar-refractivity contribution in [3.8, 4) is 0 Å². The van der Waals surface area contributed by atoms with Crippen molar-refractivity contribution < 1.29 is 18.0 Å². The van der Waals surface area contributed by atoms with Crippen LogP contribution in [0.1, 0.15) is 57.6 Å². The quantitative estimate of drug-likeness (QED) is 0.233. The minimum atomic E-state index is -4.13. The first-order valence-corrected chi connectivity index (χ1v) is 15.9. The molecule has 41 heavy (non-hydrogen) atoms. The molecule has 0 aliphatic heterocycles. The third-order valence-electron chi connectivity index (χ3n) is 6.75. The lowest BCUT2D eigenvalue weighted by atomic mass is 10.0. The van der Waals surface area contributed by atoms with Crippen LogP contribution in [0.25, 0.3) is 0 Å². The minimum Gasteiger partial charge on any atom is -0.354 e. The second-order valence-electron chi connectivity index (χ2n) is 10.0. The Morgan fingerprint density at radius 1 is 0.927 bits per heavy atom. The van der Waals surface area contributed by atoms with Gasteiger partial charge in [-0.3, -0.25) is 13.9 Å². The lowest BCUT2D eigenvalue weighted by Crippen LogP contribution is -2.52. The average molecular weight is 619 g/mol. The van der Waals surface area contributed by atoms with Gasteiger partial charge in [-0.05, 0) is 66.3 Å². The zero-order chi connectivity index (χ0) is 30.2. The van der Waals surface area contributed by atoms with Gasteiger partial charge in [0.05, 0.1) is 10.6 Å². The van der Waals surface area contributed by atoms with Crippen LogP contribution in [0, 0.1) is 0 Å². The largest absolute Gasteiger partial charge is 0.354 e. The van der Waals surface area contributed by atoms with Crippen molar-refractivity contribution in [2.45, 2.75) is 63.9 Å². The van der Waals surface area contributed by atoms with Gasteiger partial charge in [0, 0.05) is 23.1 Å². The first kappa shape index (κ1) is 32.4. The molecule has 0 aliphatic rings. The summed E-state index contributed by atoms with van der Waals surface area (Å²) < 4.78 is 28.9. The molecule has 0 saturated carbocycles. The van der Waals surface area contributed by atoms with Gasteiger partial charge >= 0.3 is 0 Å². The average Bonchev–Trinajstić information content (AvgIpc) is 2.96. The highest BCUT2D eigenvalue weighted by atomic mass is 35.5. The van der Waals surface area contributed by atoms with Crippen molar-refractivity contribution in [3.63, 3.8) is 0 Å². The second kappa shape index (κ2) is 14.7. The Labute approximate surface area is 253 Å². The number of hydrogen-bond acceptors (Lipinski definition) is 4. The molecule has 1 atom stereocenters. The van der Waals surface area contributed by atoms with Crippen molar-refractivity contribution in [2.24, 2.45) is 0 Å². The standard InChI is InChI=1S/C31H37Cl2N3O4S/c1-5-18-34-31(38)29(6-2)35(20-24-12-15-25(32)19-28(24)33)30(37)21-36(26-16-13-23(14-17-26)22(3)4)41(39,40)27-10-8-7-9-11-27/h7-17,19,22,29H,5-6,18,20-21H2,1-4H3,(H,34,38). The van der Waals surface area contributed by atoms with E-state index in [1.165, 1.54) is 17.0 Å². The fourth-order valence-corrected chi connectivity index (χ4v) is 6.30. The summed E-state index contributed by atoms with van der Waals surface area (Å²) in [5.74, 6) is -0.607. The number of hydrogen-bond donors (Lipinski definition) is 1. The number of rotatable bonds is 13. The number of nitrogens with zero attached hydrogens (tertiary/aromatic N) is 2. The highest BCUT2D eigenvalue weighted by Crippen LogP contribution is 2.28. The summed E-state index contributed by atoms with van der Waals surface area (Å²) >= 11 is 12.5. The molecule has 10 heteroatoms. The maximum atomic E-state index is 14.1. The highest BCUT2D eigenvalue weighted by molar-refractivity contribution is 7.92. The van der Waals surface area contributed by atoms with E-state index in [-0.39, 0.29) is 23.3 Å². The summed E-state index contributed by atoms with van der Waals surface area (Å²) in [6, 6.07) is 19.2. The Kier molecular flexibility index (Phi) is 11.6. The maximum absolute atomic E-state index is 14.1. The first-order chi connectivity index (χ1) is 19.5. The molecule has 0 aromatic heterocycles. The Morgan fingerprint density at radius 2 is 1.59 bits per heavy atom. The van der Waals surface area contributed by atoms with Gasteiger partial charge in [0.15, 0.2) is 0 Å². The molecule has 0 fully saturated rings. The lowest BCUT2D eigenvalue weighted by molar-refractivity contribution is -0.140. The van der Waals surface area contributed by atoms with E-state index in [4.69, 9.17) is 23.2 Å². The zero-order valence-electron chi connectivity index (χ0n) is 23.8. The van der Waals surface area contributed by atoms with Crippen LogP contribution in [0.15, 0.2) is 77.7 Å². The molecule has 0 bridgehead atoms. The van der Waals surface area contributed by atoms with Crippen molar-refractivity contribution in [2.75, 3.05) is 17.4 Å². The topological polar surface area (TPSA) is 86.8 Å². The smallest absolute Gasteiger partial charge is 0.264 e. The highest BCUT2D eigenvalue weighted by Gasteiger charge is 2.34. The molecular weight excluding hydrogens is 581 g/mol. The Balaban J connectivity index is 2.07. The molecule has 0 spiro atoms. The SMILES string of the molecule is CCCNC(=O)C(CC)N(Cc1ccc(Cl)cc1Cl)C(=O)CN(c1ccc(C(C)C)cc1)S(=O)(=O)c1ccccc1. The Morgan fingerprint density at radius 3 is 2.15 bits per heavy atom. The van der Waals surface area contributed by atoms with E-state index in [2.05, 4.69) is 5.32 Å². The molecule has 3 rings (SSSR count). The second-order valence-corrected chi connectivity index (χ2v) is 12.7. The molecule has 0 aliphatic carbocycles. The predicted octanol–water partition coefficient (Wildman–Crippen LogP) is 6.65. The zero-order valence-corrected chi connectivity index (χ0v) is 26.1. The van der Waals surface area contributed by atoms with E-state index >= 15 is 0 Å². The monoisotopic (exact) mass is 617 g/mol. The number of nitrogens with one attached hydrogen (secondary N) is 1. The summed E-state index contributed by atoms with van der Waals surface area (Å²) in [5.41, 5.74) is 1.97. The van der Waals surface area contributed by atoms with Crippen molar-refractivity contribution in [1.82, 2.24) is 10.2 Å². The van der Waals surface area contributed by atoms with Gasteiger partial charge in [-0.1, -0.05) is 87.3 Å². The van der Waals surface area contributed by atoms with E-state index in [0.29, 0.717) is 34.3 Å². The molecule has 0 heterocycles. The third-order valence-corrected chi connectivity index (χ3v) is 9.12. The van der Waals surface area contributed by atoms with Crippen LogP contribution in [0.5, 0.6) is 0 Å². The molecule has 0 saturated heterocycles. The Bertz CT molecular complexity index is 1430. The molecule has 3 aromatic rings. The van der Waals surface area contributed by atoms with Gasteiger partial charge in [0.2, 0.25) is 11.8 Å². The van der Waals surface area contributed by atoms with Crippen molar-refractivity contribution >= 4 is 50.7 Å². The van der Waals surface area contributed by atoms with Gasteiger partial charge in [-0.15, -0.1) is 0 Å². The molecule has 2 amide bonds. The number of carbonyl (C=O) groups is 2. The summed E-state index contributed by atoms with van der Waals surface area (Å²) in [6.07, 6.45) is 1.05. The fourth-order valence-electron chi connectivity index (χ4n) is 4.39. The van der Waals surface area contributed by atoms with Gasteiger partial charge in [0.1, 0.15) is 12.6 Å². The van der Waals surface area contributed by atoms with E-state index in [0.717, 1.165) is 16.3 Å². The summed E-state index contributed by atoms with van der Waals surface area (Å²) in [5, 5.41) is 3.65. The van der Waals surface area contributed by atoms with E-state index < -0.39 is 28.5 Å². The number of sulfonamides is 1. The number of benzene rings is 3.